The van der Waals surface area contributed by atoms with Gasteiger partial charge in [-0.1, -0.05) is 19.9 Å². The average molecular weight is 328 g/mol. The van der Waals surface area contributed by atoms with Crippen molar-refractivity contribution in [2.45, 2.75) is 26.7 Å². The third kappa shape index (κ3) is 4.96. The second kappa shape index (κ2) is 7.81. The molecule has 1 saturated heterocycles. The second-order valence-corrected chi connectivity index (χ2v) is 6.62. The van der Waals surface area contributed by atoms with Crippen LogP contribution in [0.2, 0.25) is 0 Å². The van der Waals surface area contributed by atoms with Gasteiger partial charge in [-0.3, -0.25) is 4.79 Å². The zero-order chi connectivity index (χ0) is 17.0. The molecule has 1 aliphatic rings. The quantitative estimate of drug-likeness (QED) is 0.815. The lowest BCUT2D eigenvalue weighted by molar-refractivity contribution is -0.120. The van der Waals surface area contributed by atoms with Crippen LogP contribution in [0.15, 0.2) is 12.1 Å². The van der Waals surface area contributed by atoms with Gasteiger partial charge >= 0.3 is 0 Å². The molecule has 0 bridgehead atoms. The van der Waals surface area contributed by atoms with E-state index in [1.54, 1.807) is 0 Å². The molecule has 6 heteroatoms. The molecule has 0 aliphatic carbocycles. The van der Waals surface area contributed by atoms with Crippen molar-refractivity contribution in [3.05, 3.63) is 35.1 Å². The molecule has 2 rings (SSSR count). The van der Waals surface area contributed by atoms with E-state index in [0.717, 1.165) is 38.2 Å². The Morgan fingerprint density at radius 3 is 2.74 bits per heavy atom. The Balaban J connectivity index is 1.79. The van der Waals surface area contributed by atoms with Gasteiger partial charge in [0.05, 0.1) is 6.42 Å². The molecular formula is C17H23F3N2O. The fourth-order valence-corrected chi connectivity index (χ4v) is 2.96. The van der Waals surface area contributed by atoms with Crippen molar-refractivity contribution in [2.24, 2.45) is 11.8 Å². The molecule has 1 aromatic rings. The molecule has 1 aliphatic heterocycles. The Bertz CT molecular complexity index is 563. The Hall–Kier alpha value is -1.56. The second-order valence-electron chi connectivity index (χ2n) is 6.62. The molecule has 0 saturated carbocycles. The van der Waals surface area contributed by atoms with Crippen LogP contribution < -0.4 is 5.32 Å². The summed E-state index contributed by atoms with van der Waals surface area (Å²) in [6.07, 6.45) is 0.734. The van der Waals surface area contributed by atoms with E-state index >= 15 is 0 Å². The number of carbonyl (C=O) groups excluding carboxylic acids is 1. The highest BCUT2D eigenvalue weighted by atomic mass is 19.2. The van der Waals surface area contributed by atoms with Gasteiger partial charge in [-0.2, -0.15) is 0 Å². The number of benzene rings is 1. The lowest BCUT2D eigenvalue weighted by atomic mass is 10.1. The number of nitrogens with zero attached hydrogens (tertiary/aromatic N) is 1. The third-order valence-electron chi connectivity index (χ3n) is 4.05. The summed E-state index contributed by atoms with van der Waals surface area (Å²) < 4.78 is 39.5. The first-order valence-corrected chi connectivity index (χ1v) is 7.98. The smallest absolute Gasteiger partial charge is 0.224 e. The largest absolute Gasteiger partial charge is 0.355 e. The van der Waals surface area contributed by atoms with E-state index in [2.05, 4.69) is 24.1 Å². The number of rotatable bonds is 6. The number of hydrogen-bond acceptors (Lipinski definition) is 2. The molecule has 1 fully saturated rings. The highest BCUT2D eigenvalue weighted by Gasteiger charge is 2.23. The van der Waals surface area contributed by atoms with Crippen molar-refractivity contribution >= 4 is 5.91 Å². The normalized spacial score (nSPS) is 18.6. The molecule has 0 spiro atoms. The monoisotopic (exact) mass is 328 g/mol. The summed E-state index contributed by atoms with van der Waals surface area (Å²) in [6, 6.07) is 1.94. The Labute approximate surface area is 134 Å². The van der Waals surface area contributed by atoms with Crippen molar-refractivity contribution in [1.29, 1.82) is 0 Å². The average Bonchev–Trinajstić information content (AvgIpc) is 2.92. The Kier molecular flexibility index (Phi) is 6.04. The van der Waals surface area contributed by atoms with E-state index < -0.39 is 17.5 Å². The van der Waals surface area contributed by atoms with Gasteiger partial charge in [0.15, 0.2) is 17.5 Å². The zero-order valence-electron chi connectivity index (χ0n) is 13.5. The van der Waals surface area contributed by atoms with Crippen LogP contribution in [-0.2, 0) is 11.2 Å². The summed E-state index contributed by atoms with van der Waals surface area (Å²) in [5, 5.41) is 2.76. The lowest BCUT2D eigenvalue weighted by Crippen LogP contribution is -2.32. The van der Waals surface area contributed by atoms with Crippen LogP contribution in [0.25, 0.3) is 0 Å². The fourth-order valence-electron chi connectivity index (χ4n) is 2.96. The van der Waals surface area contributed by atoms with Gasteiger partial charge in [-0.25, -0.2) is 13.2 Å². The molecule has 23 heavy (non-hydrogen) atoms. The van der Waals surface area contributed by atoms with Crippen LogP contribution in [0.4, 0.5) is 13.2 Å². The molecule has 1 amide bonds. The summed E-state index contributed by atoms with van der Waals surface area (Å²) >= 11 is 0. The van der Waals surface area contributed by atoms with E-state index in [1.165, 1.54) is 0 Å². The van der Waals surface area contributed by atoms with Gasteiger partial charge in [0, 0.05) is 25.2 Å². The number of nitrogens with one attached hydrogen (secondary N) is 1. The minimum absolute atomic E-state index is 0.130. The molecule has 3 nitrogen and oxygen atoms in total. The number of halogens is 3. The number of likely N-dealkylation sites (tertiary alicyclic amines) is 1. The van der Waals surface area contributed by atoms with Crippen molar-refractivity contribution in [3.8, 4) is 0 Å². The van der Waals surface area contributed by atoms with E-state index in [9.17, 15) is 18.0 Å². The van der Waals surface area contributed by atoms with Crippen LogP contribution in [0.5, 0.6) is 0 Å². The van der Waals surface area contributed by atoms with Crippen molar-refractivity contribution < 1.29 is 18.0 Å². The van der Waals surface area contributed by atoms with E-state index in [1.807, 2.05) is 0 Å². The van der Waals surface area contributed by atoms with Crippen molar-refractivity contribution in [3.63, 3.8) is 0 Å². The topological polar surface area (TPSA) is 32.3 Å². The molecule has 0 radical (unpaired) electrons. The number of amides is 1. The van der Waals surface area contributed by atoms with Gasteiger partial charge < -0.3 is 10.2 Å². The maximum Gasteiger partial charge on any atom is 0.224 e. The predicted molar refractivity (Wildman–Crippen MR) is 82.4 cm³/mol. The SMILES string of the molecule is CC(C)CN1CCC(CNC(=O)Cc2ccc(F)c(F)c2F)C1. The van der Waals surface area contributed by atoms with Crippen LogP contribution in [0.3, 0.4) is 0 Å². The molecule has 1 unspecified atom stereocenters. The highest BCUT2D eigenvalue weighted by Crippen LogP contribution is 2.17. The van der Waals surface area contributed by atoms with E-state index in [0.29, 0.717) is 18.4 Å². The molecule has 1 heterocycles. The Morgan fingerprint density at radius 2 is 2.04 bits per heavy atom. The standard InChI is InChI=1S/C17H23F3N2O/c1-11(2)9-22-6-5-12(10-22)8-21-15(23)7-13-3-4-14(18)17(20)16(13)19/h3-4,11-12H,5-10H2,1-2H3,(H,21,23). The number of hydrogen-bond donors (Lipinski definition) is 1. The Morgan fingerprint density at radius 1 is 1.30 bits per heavy atom. The molecule has 1 atom stereocenters. The van der Waals surface area contributed by atoms with Crippen LogP contribution in [0, 0.1) is 29.3 Å². The van der Waals surface area contributed by atoms with Gasteiger partial charge in [-0.05, 0) is 30.9 Å². The highest BCUT2D eigenvalue weighted by molar-refractivity contribution is 5.78. The third-order valence-corrected chi connectivity index (χ3v) is 4.05. The molecule has 1 N–H and O–H groups in total. The summed E-state index contributed by atoms with van der Waals surface area (Å²) in [7, 11) is 0. The van der Waals surface area contributed by atoms with Gasteiger partial charge in [-0.15, -0.1) is 0 Å². The van der Waals surface area contributed by atoms with Crippen LogP contribution in [-0.4, -0.2) is 37.0 Å². The first-order valence-electron chi connectivity index (χ1n) is 7.98. The molecule has 128 valence electrons. The van der Waals surface area contributed by atoms with Crippen LogP contribution >= 0.6 is 0 Å². The van der Waals surface area contributed by atoms with Gasteiger partial charge in [0.1, 0.15) is 0 Å². The van der Waals surface area contributed by atoms with Gasteiger partial charge in [0.25, 0.3) is 0 Å². The minimum atomic E-state index is -1.53. The van der Waals surface area contributed by atoms with Gasteiger partial charge in [0.2, 0.25) is 5.91 Å². The molecular weight excluding hydrogens is 305 g/mol. The zero-order valence-corrected chi connectivity index (χ0v) is 13.5. The van der Waals surface area contributed by atoms with E-state index in [-0.39, 0.29) is 17.9 Å². The first kappa shape index (κ1) is 17.8. The molecule has 0 aromatic heterocycles. The summed E-state index contributed by atoms with van der Waals surface area (Å²) in [5.41, 5.74) is -0.130. The lowest BCUT2D eigenvalue weighted by Gasteiger charge is -2.18. The van der Waals surface area contributed by atoms with E-state index in [4.69, 9.17) is 0 Å². The number of carbonyl (C=O) groups is 1. The first-order chi connectivity index (χ1) is 10.9. The molecule has 1 aromatic carbocycles. The fraction of sp³-hybridized carbons (Fsp3) is 0.588. The maximum atomic E-state index is 13.5. The summed E-state index contributed by atoms with van der Waals surface area (Å²) in [6.45, 7) is 7.88. The minimum Gasteiger partial charge on any atom is -0.355 e. The predicted octanol–water partition coefficient (Wildman–Crippen LogP) is 2.74. The maximum absolute atomic E-state index is 13.5. The van der Waals surface area contributed by atoms with Crippen molar-refractivity contribution in [1.82, 2.24) is 10.2 Å². The van der Waals surface area contributed by atoms with Crippen molar-refractivity contribution in [2.75, 3.05) is 26.2 Å². The summed E-state index contributed by atoms with van der Waals surface area (Å²) in [4.78, 5) is 14.2. The van der Waals surface area contributed by atoms with Crippen LogP contribution in [0.1, 0.15) is 25.8 Å². The summed E-state index contributed by atoms with van der Waals surface area (Å²) in [5.74, 6) is -3.45.